The van der Waals surface area contributed by atoms with E-state index in [2.05, 4.69) is 22.0 Å². The predicted octanol–water partition coefficient (Wildman–Crippen LogP) is 5.26. The van der Waals surface area contributed by atoms with Crippen LogP contribution in [0.2, 0.25) is 5.02 Å². The van der Waals surface area contributed by atoms with E-state index in [0.29, 0.717) is 33.2 Å². The molecule has 0 unspecified atom stereocenters. The Morgan fingerprint density at radius 2 is 2.03 bits per heavy atom. The third-order valence-corrected chi connectivity index (χ3v) is 4.66. The fourth-order valence-corrected chi connectivity index (χ4v) is 3.26. The van der Waals surface area contributed by atoms with E-state index in [0.717, 1.165) is 5.70 Å². The highest BCUT2D eigenvalue weighted by Crippen LogP contribution is 2.30. The number of anilines is 1. The lowest BCUT2D eigenvalue weighted by molar-refractivity contribution is 0.102. The largest absolute Gasteiger partial charge is 0.497 e. The molecule has 2 heterocycles. The topological polar surface area (TPSA) is 69.0 Å². The number of carbonyl (C=O) groups excluding carboxylic acids is 1. The number of nitrogens with one attached hydrogen (secondary N) is 1. The Kier molecular flexibility index (Phi) is 6.14. The highest BCUT2D eigenvalue weighted by Gasteiger charge is 2.20. The second-order valence-corrected chi connectivity index (χ2v) is 6.57. The number of aromatic nitrogens is 3. The summed E-state index contributed by atoms with van der Waals surface area (Å²) in [6, 6.07) is 7.04. The molecule has 2 aromatic heterocycles. The number of ether oxygens (including phenoxy) is 1. The van der Waals surface area contributed by atoms with Gasteiger partial charge in [0.2, 0.25) is 0 Å². The molecule has 3 aromatic rings. The maximum atomic E-state index is 12.8. The van der Waals surface area contributed by atoms with Gasteiger partial charge in [0.15, 0.2) is 5.65 Å². The van der Waals surface area contributed by atoms with Crippen LogP contribution in [0.5, 0.6) is 5.75 Å². The van der Waals surface area contributed by atoms with Gasteiger partial charge in [0, 0.05) is 11.9 Å². The number of benzene rings is 1. The molecule has 1 aromatic carbocycles. The van der Waals surface area contributed by atoms with Crippen molar-refractivity contribution >= 4 is 39.9 Å². The molecule has 148 valence electrons. The first kappa shape index (κ1) is 20.4. The van der Waals surface area contributed by atoms with Crippen LogP contribution in [0.25, 0.3) is 16.7 Å². The number of halogens is 1. The maximum absolute atomic E-state index is 12.8. The van der Waals surface area contributed by atoms with Crippen LogP contribution in [0.1, 0.15) is 23.0 Å². The molecule has 3 rings (SSSR count). The molecule has 29 heavy (non-hydrogen) atoms. The third kappa shape index (κ3) is 4.07. The van der Waals surface area contributed by atoms with E-state index >= 15 is 0 Å². The summed E-state index contributed by atoms with van der Waals surface area (Å²) in [6.07, 6.45) is 8.76. The van der Waals surface area contributed by atoms with E-state index in [1.165, 1.54) is 6.20 Å². The summed E-state index contributed by atoms with van der Waals surface area (Å²) >= 11 is 6.60. The number of pyridine rings is 1. The second kappa shape index (κ2) is 8.75. The number of carbonyl (C=O) groups is 1. The average molecular weight is 409 g/mol. The summed E-state index contributed by atoms with van der Waals surface area (Å²) in [5.41, 5.74) is 2.94. The molecule has 6 nitrogen and oxygen atoms in total. The Morgan fingerprint density at radius 3 is 2.66 bits per heavy atom. The summed E-state index contributed by atoms with van der Waals surface area (Å²) in [7, 11) is 1.59. The molecule has 0 aliphatic carbocycles. The van der Waals surface area contributed by atoms with Gasteiger partial charge < -0.3 is 10.1 Å². The highest BCUT2D eigenvalue weighted by molar-refractivity contribution is 6.39. The van der Waals surface area contributed by atoms with Crippen LogP contribution in [0.4, 0.5) is 5.69 Å². The third-order valence-electron chi connectivity index (χ3n) is 4.27. The Hall–Kier alpha value is -3.38. The zero-order chi connectivity index (χ0) is 21.0. The first-order valence-corrected chi connectivity index (χ1v) is 9.33. The molecule has 0 atom stereocenters. The van der Waals surface area contributed by atoms with Crippen molar-refractivity contribution in [1.29, 1.82) is 0 Å². The van der Waals surface area contributed by atoms with Gasteiger partial charge in [0.1, 0.15) is 5.75 Å². The highest BCUT2D eigenvalue weighted by atomic mass is 35.5. The van der Waals surface area contributed by atoms with Gasteiger partial charge in [0.25, 0.3) is 5.91 Å². The van der Waals surface area contributed by atoms with Gasteiger partial charge in [-0.25, -0.2) is 9.67 Å². The smallest absolute Gasteiger partial charge is 0.258 e. The molecule has 0 bridgehead atoms. The van der Waals surface area contributed by atoms with Gasteiger partial charge in [-0.1, -0.05) is 30.3 Å². The number of allylic oxidation sites excluding steroid dienone is 5. The van der Waals surface area contributed by atoms with Gasteiger partial charge in [-0.15, -0.1) is 0 Å². The Balaban J connectivity index is 2.01. The summed E-state index contributed by atoms with van der Waals surface area (Å²) in [5.74, 6) is 0.355. The summed E-state index contributed by atoms with van der Waals surface area (Å²) in [4.78, 5) is 17.2. The standard InChI is InChI=1S/C22H21ClN4O2/c1-5-7-16(8-6-2)27-21-19(14(3)26-27)20(23)18(13-24-21)22(28)25-15-9-11-17(29-4)12-10-15/h5-13H,1H2,2-4H3,(H,25,28)/b8-6-,16-7+. The van der Waals surface area contributed by atoms with Crippen molar-refractivity contribution in [3.63, 3.8) is 0 Å². The van der Waals surface area contributed by atoms with Gasteiger partial charge in [-0.05, 0) is 50.3 Å². The van der Waals surface area contributed by atoms with Gasteiger partial charge >= 0.3 is 0 Å². The van der Waals surface area contributed by atoms with Crippen molar-refractivity contribution in [2.45, 2.75) is 13.8 Å². The monoisotopic (exact) mass is 408 g/mol. The van der Waals surface area contributed by atoms with Crippen LogP contribution in [-0.2, 0) is 0 Å². The molecule has 7 heteroatoms. The zero-order valence-electron chi connectivity index (χ0n) is 16.4. The zero-order valence-corrected chi connectivity index (χ0v) is 17.2. The number of methoxy groups -OCH3 is 1. The fourth-order valence-electron chi connectivity index (χ4n) is 2.91. The molecule has 1 N–H and O–H groups in total. The lowest BCUT2D eigenvalue weighted by atomic mass is 10.2. The molecule has 0 fully saturated rings. The summed E-state index contributed by atoms with van der Waals surface area (Å²) in [6.45, 7) is 7.49. The van der Waals surface area contributed by atoms with Crippen LogP contribution >= 0.6 is 11.6 Å². The van der Waals surface area contributed by atoms with E-state index in [9.17, 15) is 4.79 Å². The lowest BCUT2D eigenvalue weighted by Crippen LogP contribution is -2.13. The predicted molar refractivity (Wildman–Crippen MR) is 118 cm³/mol. The number of aryl methyl sites for hydroxylation is 1. The molecular formula is C22H21ClN4O2. The second-order valence-electron chi connectivity index (χ2n) is 6.19. The molecule has 0 aliphatic rings. The number of hydrogen-bond acceptors (Lipinski definition) is 4. The van der Waals surface area contributed by atoms with Crippen LogP contribution in [0.15, 0.2) is 61.3 Å². The SMILES string of the molecule is C=C/C=C(\C=C/C)n1nc(C)c2c(Cl)c(C(=O)Nc3ccc(OC)cc3)cnc21. The minimum Gasteiger partial charge on any atom is -0.497 e. The number of amides is 1. The fraction of sp³-hybridized carbons (Fsp3) is 0.136. The first-order valence-electron chi connectivity index (χ1n) is 8.95. The Labute approximate surface area is 174 Å². The van der Waals surface area contributed by atoms with Gasteiger partial charge in [-0.2, -0.15) is 5.10 Å². The number of nitrogens with zero attached hydrogens (tertiary/aromatic N) is 3. The quantitative estimate of drug-likeness (QED) is 0.565. The van der Waals surface area contributed by atoms with E-state index in [4.69, 9.17) is 16.3 Å². The van der Waals surface area contributed by atoms with Crippen LogP contribution < -0.4 is 10.1 Å². The Morgan fingerprint density at radius 1 is 1.31 bits per heavy atom. The summed E-state index contributed by atoms with van der Waals surface area (Å²) in [5, 5.41) is 8.31. The first-order chi connectivity index (χ1) is 14.0. The van der Waals surface area contributed by atoms with Crippen molar-refractivity contribution in [3.8, 4) is 5.75 Å². The number of hydrogen-bond donors (Lipinski definition) is 1. The molecule has 1 amide bonds. The van der Waals surface area contributed by atoms with Crippen molar-refractivity contribution in [3.05, 3.63) is 77.6 Å². The molecule has 0 saturated heterocycles. The minimum absolute atomic E-state index is 0.276. The van der Waals surface area contributed by atoms with E-state index < -0.39 is 0 Å². The average Bonchev–Trinajstić information content (AvgIpc) is 3.06. The molecule has 0 radical (unpaired) electrons. The summed E-state index contributed by atoms with van der Waals surface area (Å²) < 4.78 is 6.81. The van der Waals surface area contributed by atoms with E-state index in [1.54, 1.807) is 42.1 Å². The lowest BCUT2D eigenvalue weighted by Gasteiger charge is -2.09. The maximum Gasteiger partial charge on any atom is 0.258 e. The van der Waals surface area contributed by atoms with Crippen molar-refractivity contribution in [2.75, 3.05) is 12.4 Å². The van der Waals surface area contributed by atoms with Crippen LogP contribution in [0.3, 0.4) is 0 Å². The molecule has 0 aliphatic heterocycles. The Bertz CT molecular complexity index is 1130. The van der Waals surface area contributed by atoms with Gasteiger partial charge in [0.05, 0.1) is 34.5 Å². The minimum atomic E-state index is -0.350. The van der Waals surface area contributed by atoms with Crippen LogP contribution in [-0.4, -0.2) is 27.8 Å². The normalized spacial score (nSPS) is 11.8. The number of rotatable bonds is 6. The molecular weight excluding hydrogens is 388 g/mol. The number of fused-ring (bicyclic) bond motifs is 1. The molecule has 0 spiro atoms. The van der Waals surface area contributed by atoms with Crippen molar-refractivity contribution in [1.82, 2.24) is 14.8 Å². The van der Waals surface area contributed by atoms with Gasteiger partial charge in [-0.3, -0.25) is 4.79 Å². The van der Waals surface area contributed by atoms with E-state index in [-0.39, 0.29) is 11.5 Å². The van der Waals surface area contributed by atoms with Crippen LogP contribution in [0, 0.1) is 6.92 Å². The van der Waals surface area contributed by atoms with E-state index in [1.807, 2.05) is 32.1 Å². The molecule has 0 saturated carbocycles. The van der Waals surface area contributed by atoms with Crippen molar-refractivity contribution in [2.24, 2.45) is 0 Å². The van der Waals surface area contributed by atoms with Crippen molar-refractivity contribution < 1.29 is 9.53 Å².